The van der Waals surface area contributed by atoms with Gasteiger partial charge in [-0.3, -0.25) is 4.79 Å². The van der Waals surface area contributed by atoms with Crippen LogP contribution in [0, 0.1) is 5.41 Å². The molecule has 0 aromatic rings. The van der Waals surface area contributed by atoms with Gasteiger partial charge in [-0.2, -0.15) is 0 Å². The van der Waals surface area contributed by atoms with E-state index in [4.69, 9.17) is 4.74 Å². The predicted octanol–water partition coefficient (Wildman–Crippen LogP) is 1.32. The van der Waals surface area contributed by atoms with Crippen LogP contribution in [0.3, 0.4) is 0 Å². The number of amides is 1. The van der Waals surface area contributed by atoms with E-state index in [0.29, 0.717) is 5.41 Å². The first-order valence-corrected chi connectivity index (χ1v) is 8.72. The molecule has 1 atom stereocenters. The Morgan fingerprint density at radius 1 is 1.39 bits per heavy atom. The molecule has 1 N–H and O–H groups in total. The molecule has 2 fully saturated rings. The third-order valence-corrected chi connectivity index (χ3v) is 4.60. The van der Waals surface area contributed by atoms with Crippen LogP contribution < -0.4 is 5.32 Å². The van der Waals surface area contributed by atoms with E-state index < -0.39 is 0 Å². The third-order valence-electron chi connectivity index (χ3n) is 4.60. The van der Waals surface area contributed by atoms with Crippen molar-refractivity contribution in [3.05, 3.63) is 0 Å². The normalized spacial score (nSPS) is 24.6. The summed E-state index contributed by atoms with van der Waals surface area (Å²) in [6.07, 6.45) is 4.90. The maximum Gasteiger partial charge on any atom is 0.243 e. The Balaban J connectivity index is 1.95. The lowest BCUT2D eigenvalue weighted by Gasteiger charge is -2.27. The minimum absolute atomic E-state index is 0.0247. The van der Waals surface area contributed by atoms with Gasteiger partial charge in [-0.1, -0.05) is 13.8 Å². The van der Waals surface area contributed by atoms with Gasteiger partial charge in [0, 0.05) is 40.3 Å². The Morgan fingerprint density at radius 3 is 2.74 bits per heavy atom. The van der Waals surface area contributed by atoms with Crippen LogP contribution in [-0.2, 0) is 9.53 Å². The van der Waals surface area contributed by atoms with Crippen LogP contribution in [-0.4, -0.2) is 74.7 Å². The van der Waals surface area contributed by atoms with E-state index in [1.165, 1.54) is 6.42 Å². The first-order valence-electron chi connectivity index (χ1n) is 8.72. The maximum atomic E-state index is 11.8. The Kier molecular flexibility index (Phi) is 6.27. The van der Waals surface area contributed by atoms with Gasteiger partial charge >= 0.3 is 0 Å². The Bertz CT molecular complexity index is 428. The van der Waals surface area contributed by atoms with Gasteiger partial charge in [-0.15, -0.1) is 0 Å². The second kappa shape index (κ2) is 7.99. The molecular formula is C17H32N4O2. The topological polar surface area (TPSA) is 57.2 Å². The first-order chi connectivity index (χ1) is 10.9. The highest BCUT2D eigenvalue weighted by Gasteiger charge is 2.31. The molecule has 0 aliphatic carbocycles. The molecule has 2 aliphatic heterocycles. The molecular weight excluding hydrogens is 292 g/mol. The highest BCUT2D eigenvalue weighted by atomic mass is 16.5. The van der Waals surface area contributed by atoms with E-state index in [1.807, 2.05) is 0 Å². The summed E-state index contributed by atoms with van der Waals surface area (Å²) in [5.41, 5.74) is 0.301. The highest BCUT2D eigenvalue weighted by molar-refractivity contribution is 5.85. The van der Waals surface area contributed by atoms with Gasteiger partial charge in [0.1, 0.15) is 6.54 Å². The number of hydrogen-bond acceptors (Lipinski definition) is 3. The molecule has 2 aliphatic rings. The molecule has 132 valence electrons. The molecule has 0 aromatic heterocycles. The quantitative estimate of drug-likeness (QED) is 0.626. The fourth-order valence-corrected chi connectivity index (χ4v) is 3.02. The molecule has 0 aromatic carbocycles. The zero-order chi connectivity index (χ0) is 16.9. The lowest BCUT2D eigenvalue weighted by atomic mass is 9.93. The van der Waals surface area contributed by atoms with E-state index in [2.05, 4.69) is 29.1 Å². The molecule has 0 saturated carbocycles. The van der Waals surface area contributed by atoms with Crippen molar-refractivity contribution in [1.82, 2.24) is 15.1 Å². The second-order valence-corrected chi connectivity index (χ2v) is 7.63. The Hall–Kier alpha value is -1.30. The Labute approximate surface area is 140 Å². The van der Waals surface area contributed by atoms with Crippen molar-refractivity contribution in [2.45, 2.75) is 45.6 Å². The number of carbonyl (C=O) groups is 1. The number of likely N-dealkylation sites (N-methyl/N-ethyl adjacent to an activating group) is 1. The number of nitrogens with zero attached hydrogens (tertiary/aromatic N) is 3. The monoisotopic (exact) mass is 324 g/mol. The lowest BCUT2D eigenvalue weighted by Crippen LogP contribution is -2.45. The molecule has 2 saturated heterocycles. The molecule has 1 amide bonds. The first kappa shape index (κ1) is 18.0. The number of aliphatic imine (C=N–C) groups is 1. The van der Waals surface area contributed by atoms with Gasteiger partial charge in [0.15, 0.2) is 5.96 Å². The molecule has 6 nitrogen and oxygen atoms in total. The van der Waals surface area contributed by atoms with Gasteiger partial charge in [-0.25, -0.2) is 4.99 Å². The van der Waals surface area contributed by atoms with Crippen molar-refractivity contribution in [3.63, 3.8) is 0 Å². The van der Waals surface area contributed by atoms with Crippen LogP contribution in [0.25, 0.3) is 0 Å². The van der Waals surface area contributed by atoms with Crippen molar-refractivity contribution >= 4 is 11.9 Å². The van der Waals surface area contributed by atoms with E-state index in [1.54, 1.807) is 19.0 Å². The molecule has 2 rings (SSSR count). The second-order valence-electron chi connectivity index (χ2n) is 7.63. The number of guanidine groups is 1. The van der Waals surface area contributed by atoms with Crippen molar-refractivity contribution < 1.29 is 9.53 Å². The summed E-state index contributed by atoms with van der Waals surface area (Å²) in [7, 11) is 3.53. The van der Waals surface area contributed by atoms with Crippen molar-refractivity contribution in [3.8, 4) is 0 Å². The average molecular weight is 324 g/mol. The molecule has 2 heterocycles. The van der Waals surface area contributed by atoms with Crippen LogP contribution >= 0.6 is 0 Å². The minimum atomic E-state index is 0.0247. The van der Waals surface area contributed by atoms with Crippen LogP contribution in [0.15, 0.2) is 4.99 Å². The van der Waals surface area contributed by atoms with Crippen LogP contribution in [0.1, 0.15) is 39.5 Å². The van der Waals surface area contributed by atoms with E-state index in [9.17, 15) is 4.79 Å². The SMILES string of the molecule is CN(C)C(=O)CN=C(NCC1CCCCO1)N1CCC(C)(C)C1. The zero-order valence-electron chi connectivity index (χ0n) is 15.1. The summed E-state index contributed by atoms with van der Waals surface area (Å²) in [5.74, 6) is 0.872. The van der Waals surface area contributed by atoms with Gasteiger partial charge in [-0.05, 0) is 31.1 Å². The number of hydrogen-bond donors (Lipinski definition) is 1. The fraction of sp³-hybridized carbons (Fsp3) is 0.882. The standard InChI is InChI=1S/C17H32N4O2/c1-17(2)8-9-21(13-17)16(19-12-15(22)20(3)4)18-11-14-7-5-6-10-23-14/h14H,5-13H2,1-4H3,(H,18,19). The molecule has 1 unspecified atom stereocenters. The van der Waals surface area contributed by atoms with Crippen LogP contribution in [0.4, 0.5) is 0 Å². The summed E-state index contributed by atoms with van der Waals surface area (Å²) in [6.45, 7) is 8.33. The van der Waals surface area contributed by atoms with E-state index in [0.717, 1.165) is 51.5 Å². The summed E-state index contributed by atoms with van der Waals surface area (Å²) < 4.78 is 5.78. The van der Waals surface area contributed by atoms with Crippen molar-refractivity contribution in [2.75, 3.05) is 46.9 Å². The molecule has 23 heavy (non-hydrogen) atoms. The van der Waals surface area contributed by atoms with Crippen molar-refractivity contribution in [1.29, 1.82) is 0 Å². The van der Waals surface area contributed by atoms with Gasteiger partial charge in [0.2, 0.25) is 5.91 Å². The molecule has 6 heteroatoms. The molecule has 0 spiro atoms. The zero-order valence-corrected chi connectivity index (χ0v) is 15.1. The van der Waals surface area contributed by atoms with Gasteiger partial charge < -0.3 is 19.9 Å². The summed E-state index contributed by atoms with van der Waals surface area (Å²) in [5, 5.41) is 3.44. The number of ether oxygens (including phenoxy) is 1. The lowest BCUT2D eigenvalue weighted by molar-refractivity contribution is -0.127. The van der Waals surface area contributed by atoms with Crippen molar-refractivity contribution in [2.24, 2.45) is 10.4 Å². The Morgan fingerprint density at radius 2 is 2.17 bits per heavy atom. The number of nitrogens with one attached hydrogen (secondary N) is 1. The fourth-order valence-electron chi connectivity index (χ4n) is 3.02. The summed E-state index contributed by atoms with van der Waals surface area (Å²) >= 11 is 0. The number of carbonyl (C=O) groups excluding carboxylic acids is 1. The summed E-state index contributed by atoms with van der Waals surface area (Å²) in [4.78, 5) is 20.3. The largest absolute Gasteiger partial charge is 0.376 e. The average Bonchev–Trinajstić information content (AvgIpc) is 2.88. The van der Waals surface area contributed by atoms with E-state index >= 15 is 0 Å². The van der Waals surface area contributed by atoms with Gasteiger partial charge in [0.25, 0.3) is 0 Å². The highest BCUT2D eigenvalue weighted by Crippen LogP contribution is 2.28. The number of likely N-dealkylation sites (tertiary alicyclic amines) is 1. The minimum Gasteiger partial charge on any atom is -0.376 e. The van der Waals surface area contributed by atoms with E-state index in [-0.39, 0.29) is 18.6 Å². The van der Waals surface area contributed by atoms with Crippen LogP contribution in [0.2, 0.25) is 0 Å². The molecule has 0 radical (unpaired) electrons. The molecule has 0 bridgehead atoms. The van der Waals surface area contributed by atoms with Gasteiger partial charge in [0.05, 0.1) is 6.10 Å². The maximum absolute atomic E-state index is 11.8. The summed E-state index contributed by atoms with van der Waals surface area (Å²) in [6, 6.07) is 0. The smallest absolute Gasteiger partial charge is 0.243 e. The number of rotatable bonds is 4. The van der Waals surface area contributed by atoms with Crippen LogP contribution in [0.5, 0.6) is 0 Å². The third kappa shape index (κ3) is 5.68. The predicted molar refractivity (Wildman–Crippen MR) is 92.6 cm³/mol.